The second-order valence-corrected chi connectivity index (χ2v) is 7.94. The lowest BCUT2D eigenvalue weighted by atomic mass is 9.97. The molecule has 0 aliphatic heterocycles. The molecule has 2 amide bonds. The molecule has 1 fully saturated rings. The van der Waals surface area contributed by atoms with E-state index in [9.17, 15) is 4.79 Å². The number of hydrogen-bond donors (Lipinski definition) is 2. The maximum absolute atomic E-state index is 12.4. The van der Waals surface area contributed by atoms with Gasteiger partial charge in [-0.25, -0.2) is 4.79 Å². The van der Waals surface area contributed by atoms with Crippen LogP contribution in [0.1, 0.15) is 53.6 Å². The molecule has 2 aromatic rings. The van der Waals surface area contributed by atoms with Crippen LogP contribution in [-0.4, -0.2) is 22.4 Å². The molecule has 0 radical (unpaired) electrons. The van der Waals surface area contributed by atoms with Crippen molar-refractivity contribution in [2.75, 3.05) is 6.54 Å². The minimum Gasteiger partial charge on any atom is -0.338 e. The Morgan fingerprint density at radius 1 is 1.40 bits per heavy atom. The van der Waals surface area contributed by atoms with Crippen molar-refractivity contribution in [2.45, 2.75) is 52.0 Å². The summed E-state index contributed by atoms with van der Waals surface area (Å²) in [6.07, 6.45) is 5.77. The molecule has 6 heteroatoms. The molecule has 0 bridgehead atoms. The van der Waals surface area contributed by atoms with Gasteiger partial charge in [0.25, 0.3) is 0 Å². The summed E-state index contributed by atoms with van der Waals surface area (Å²) < 4.78 is 1.90. The first-order chi connectivity index (χ1) is 12.1. The third-order valence-corrected chi connectivity index (χ3v) is 6.28. The fourth-order valence-corrected chi connectivity index (χ4v) is 4.72. The van der Waals surface area contributed by atoms with Crippen molar-refractivity contribution in [2.24, 2.45) is 13.0 Å². The van der Waals surface area contributed by atoms with Crippen molar-refractivity contribution in [3.8, 4) is 0 Å². The number of hydrogen-bond acceptors (Lipinski definition) is 3. The van der Waals surface area contributed by atoms with Gasteiger partial charge in [0.05, 0.1) is 11.7 Å². The van der Waals surface area contributed by atoms with Crippen LogP contribution in [0, 0.1) is 19.8 Å². The Labute approximate surface area is 153 Å². The molecule has 25 heavy (non-hydrogen) atoms. The monoisotopic (exact) mass is 360 g/mol. The zero-order valence-electron chi connectivity index (χ0n) is 15.3. The van der Waals surface area contributed by atoms with E-state index < -0.39 is 0 Å². The van der Waals surface area contributed by atoms with Crippen LogP contribution in [0.3, 0.4) is 0 Å². The van der Waals surface area contributed by atoms with E-state index in [4.69, 9.17) is 0 Å². The zero-order valence-corrected chi connectivity index (χ0v) is 16.2. The molecule has 0 aromatic carbocycles. The Hall–Kier alpha value is -1.82. The van der Waals surface area contributed by atoms with Crippen LogP contribution in [0.25, 0.3) is 0 Å². The standard InChI is InChI=1S/C19H28N4OS/c1-13-16(14(2)23(3)22-13)10-11-20-19(24)21-18(15-7-4-5-8-15)17-9-6-12-25-17/h6,9,12,15,18H,4-5,7-8,10-11H2,1-3H3,(H2,20,21,24)/t18-/m1/s1. The summed E-state index contributed by atoms with van der Waals surface area (Å²) in [7, 11) is 1.96. The summed E-state index contributed by atoms with van der Waals surface area (Å²) in [4.78, 5) is 13.7. The highest BCUT2D eigenvalue weighted by atomic mass is 32.1. The highest BCUT2D eigenvalue weighted by Gasteiger charge is 2.28. The molecule has 0 unspecified atom stereocenters. The van der Waals surface area contributed by atoms with Gasteiger partial charge in [-0.3, -0.25) is 4.68 Å². The summed E-state index contributed by atoms with van der Waals surface area (Å²) in [6.45, 7) is 4.72. The smallest absolute Gasteiger partial charge is 0.315 e. The molecule has 2 aromatic heterocycles. The second-order valence-electron chi connectivity index (χ2n) is 6.96. The van der Waals surface area contributed by atoms with Crippen LogP contribution < -0.4 is 10.6 Å². The highest BCUT2D eigenvalue weighted by Crippen LogP contribution is 2.37. The number of urea groups is 1. The molecule has 5 nitrogen and oxygen atoms in total. The normalized spacial score (nSPS) is 16.1. The number of nitrogens with zero attached hydrogens (tertiary/aromatic N) is 2. The van der Waals surface area contributed by atoms with Gasteiger partial charge in [-0.15, -0.1) is 11.3 Å². The Morgan fingerprint density at radius 3 is 2.76 bits per heavy atom. The molecule has 1 aliphatic carbocycles. The van der Waals surface area contributed by atoms with Crippen LogP contribution in [0.4, 0.5) is 4.79 Å². The number of aryl methyl sites for hydroxylation is 2. The van der Waals surface area contributed by atoms with Gasteiger partial charge < -0.3 is 10.6 Å². The summed E-state index contributed by atoms with van der Waals surface area (Å²) in [5.41, 5.74) is 3.44. The van der Waals surface area contributed by atoms with Gasteiger partial charge in [-0.1, -0.05) is 18.9 Å². The van der Waals surface area contributed by atoms with E-state index >= 15 is 0 Å². The van der Waals surface area contributed by atoms with Crippen LogP contribution in [0.5, 0.6) is 0 Å². The lowest BCUT2D eigenvalue weighted by Crippen LogP contribution is -2.40. The van der Waals surface area contributed by atoms with Gasteiger partial charge in [0.1, 0.15) is 0 Å². The number of rotatable bonds is 6. The average molecular weight is 361 g/mol. The van der Waals surface area contributed by atoms with Gasteiger partial charge in [0.15, 0.2) is 0 Å². The number of carbonyl (C=O) groups is 1. The molecular formula is C19H28N4OS. The van der Waals surface area contributed by atoms with Crippen molar-refractivity contribution in [1.29, 1.82) is 0 Å². The first-order valence-corrected chi connectivity index (χ1v) is 10.0. The fourth-order valence-electron chi connectivity index (χ4n) is 3.85. The summed E-state index contributed by atoms with van der Waals surface area (Å²) in [5.74, 6) is 0.562. The van der Waals surface area contributed by atoms with Crippen molar-refractivity contribution in [3.05, 3.63) is 39.3 Å². The summed E-state index contributed by atoms with van der Waals surface area (Å²) in [6, 6.07) is 4.28. The average Bonchev–Trinajstić information content (AvgIpc) is 3.32. The zero-order chi connectivity index (χ0) is 17.8. The molecule has 1 aliphatic rings. The van der Waals surface area contributed by atoms with E-state index in [2.05, 4.69) is 40.2 Å². The molecule has 2 heterocycles. The van der Waals surface area contributed by atoms with Crippen LogP contribution in [0.2, 0.25) is 0 Å². The number of thiophene rings is 1. The van der Waals surface area contributed by atoms with E-state index in [1.54, 1.807) is 11.3 Å². The van der Waals surface area contributed by atoms with Crippen LogP contribution >= 0.6 is 11.3 Å². The Kier molecular flexibility index (Phi) is 5.78. The molecule has 1 saturated carbocycles. The Bertz CT molecular complexity index is 701. The van der Waals surface area contributed by atoms with Gasteiger partial charge in [-0.05, 0) is 56.0 Å². The fraction of sp³-hybridized carbons (Fsp3) is 0.579. The Balaban J connectivity index is 1.55. The summed E-state index contributed by atoms with van der Waals surface area (Å²) >= 11 is 1.73. The summed E-state index contributed by atoms with van der Waals surface area (Å²) in [5, 5.41) is 12.8. The molecule has 2 N–H and O–H groups in total. The molecule has 136 valence electrons. The molecule has 3 rings (SSSR count). The second kappa shape index (κ2) is 8.04. The number of amides is 2. The first-order valence-electron chi connectivity index (χ1n) is 9.13. The number of aromatic nitrogens is 2. The van der Waals surface area contributed by atoms with E-state index in [1.807, 2.05) is 18.7 Å². The van der Waals surface area contributed by atoms with E-state index in [0.717, 1.165) is 12.1 Å². The quantitative estimate of drug-likeness (QED) is 0.821. The van der Waals surface area contributed by atoms with Crippen molar-refractivity contribution in [3.63, 3.8) is 0 Å². The lowest BCUT2D eigenvalue weighted by molar-refractivity contribution is 0.231. The van der Waals surface area contributed by atoms with Crippen molar-refractivity contribution in [1.82, 2.24) is 20.4 Å². The maximum Gasteiger partial charge on any atom is 0.315 e. The molecule has 1 atom stereocenters. The first kappa shape index (κ1) is 18.0. The van der Waals surface area contributed by atoms with E-state index in [1.165, 1.54) is 41.8 Å². The topological polar surface area (TPSA) is 59.0 Å². The van der Waals surface area contributed by atoms with Crippen LogP contribution in [0.15, 0.2) is 17.5 Å². The maximum atomic E-state index is 12.4. The number of carbonyl (C=O) groups excluding carboxylic acids is 1. The minimum absolute atomic E-state index is 0.0653. The highest BCUT2D eigenvalue weighted by molar-refractivity contribution is 7.10. The van der Waals surface area contributed by atoms with Crippen molar-refractivity contribution >= 4 is 17.4 Å². The van der Waals surface area contributed by atoms with E-state index in [0.29, 0.717) is 12.5 Å². The van der Waals surface area contributed by atoms with Gasteiger partial charge >= 0.3 is 6.03 Å². The van der Waals surface area contributed by atoms with Crippen molar-refractivity contribution < 1.29 is 4.79 Å². The van der Waals surface area contributed by atoms with Gasteiger partial charge in [-0.2, -0.15) is 5.10 Å². The van der Waals surface area contributed by atoms with Gasteiger partial charge in [0.2, 0.25) is 0 Å². The van der Waals surface area contributed by atoms with Crippen LogP contribution in [-0.2, 0) is 13.5 Å². The Morgan fingerprint density at radius 2 is 2.16 bits per heavy atom. The minimum atomic E-state index is -0.0653. The molecule has 0 spiro atoms. The molecule has 0 saturated heterocycles. The third kappa shape index (κ3) is 4.24. The largest absolute Gasteiger partial charge is 0.338 e. The molecular weight excluding hydrogens is 332 g/mol. The number of nitrogens with one attached hydrogen (secondary N) is 2. The third-order valence-electron chi connectivity index (χ3n) is 5.33. The lowest BCUT2D eigenvalue weighted by Gasteiger charge is -2.24. The predicted octanol–water partition coefficient (Wildman–Crippen LogP) is 3.87. The van der Waals surface area contributed by atoms with E-state index in [-0.39, 0.29) is 12.1 Å². The SMILES string of the molecule is Cc1nn(C)c(C)c1CCNC(=O)N[C@@H](c1cccs1)C1CCCC1. The van der Waals surface area contributed by atoms with Gasteiger partial charge in [0, 0.05) is 24.2 Å². The predicted molar refractivity (Wildman–Crippen MR) is 102 cm³/mol.